The van der Waals surface area contributed by atoms with Gasteiger partial charge in [0.1, 0.15) is 18.4 Å². The summed E-state index contributed by atoms with van der Waals surface area (Å²) in [6.45, 7) is 7.62. The molecule has 5 rings (SSSR count). The van der Waals surface area contributed by atoms with Crippen molar-refractivity contribution in [3.63, 3.8) is 0 Å². The zero-order chi connectivity index (χ0) is 33.1. The molecule has 0 amide bonds. The molecular formula is C34H30BrClN2O7S. The highest BCUT2D eigenvalue weighted by Gasteiger charge is 2.35. The number of benzene rings is 3. The second-order valence-electron chi connectivity index (χ2n) is 10.6. The number of para-hydroxylation sites is 1. The average Bonchev–Trinajstić information content (AvgIpc) is 3.30. The Morgan fingerprint density at radius 3 is 2.52 bits per heavy atom. The van der Waals surface area contributed by atoms with E-state index in [4.69, 9.17) is 30.9 Å². The zero-order valence-corrected chi connectivity index (χ0v) is 28.5. The van der Waals surface area contributed by atoms with E-state index in [9.17, 15) is 14.4 Å². The molecule has 0 bridgehead atoms. The number of carbonyl (C=O) groups is 2. The van der Waals surface area contributed by atoms with Crippen LogP contribution in [0.15, 0.2) is 86.2 Å². The van der Waals surface area contributed by atoms with Gasteiger partial charge in [-0.3, -0.25) is 9.36 Å². The predicted molar refractivity (Wildman–Crippen MR) is 179 cm³/mol. The number of aromatic nitrogens is 1. The maximum atomic E-state index is 14.1. The Bertz CT molecular complexity index is 2010. The Morgan fingerprint density at radius 1 is 1.15 bits per heavy atom. The highest BCUT2D eigenvalue weighted by Crippen LogP contribution is 2.37. The van der Waals surface area contributed by atoms with Crippen molar-refractivity contribution in [2.24, 2.45) is 4.99 Å². The van der Waals surface area contributed by atoms with E-state index in [0.717, 1.165) is 5.56 Å². The number of thiazole rings is 1. The maximum absolute atomic E-state index is 14.1. The molecule has 0 saturated heterocycles. The third-order valence-corrected chi connectivity index (χ3v) is 8.85. The minimum atomic E-state index is -1.00. The number of ether oxygens (including phenoxy) is 3. The molecule has 0 unspecified atom stereocenters. The van der Waals surface area contributed by atoms with Gasteiger partial charge in [0.25, 0.3) is 5.56 Å². The van der Waals surface area contributed by atoms with Gasteiger partial charge in [-0.25, -0.2) is 14.6 Å². The van der Waals surface area contributed by atoms with Crippen molar-refractivity contribution >= 4 is 56.9 Å². The number of aromatic carboxylic acids is 1. The lowest BCUT2D eigenvalue weighted by atomic mass is 9.95. The molecule has 0 aliphatic carbocycles. The molecule has 3 aromatic carbocycles. The Balaban J connectivity index is 1.54. The number of allylic oxidation sites excluding steroid dienone is 1. The lowest BCUT2D eigenvalue weighted by Gasteiger charge is -2.26. The van der Waals surface area contributed by atoms with Gasteiger partial charge in [0.05, 0.1) is 43.6 Å². The van der Waals surface area contributed by atoms with E-state index in [0.29, 0.717) is 47.2 Å². The molecule has 1 aliphatic heterocycles. The number of fused-ring (bicyclic) bond motifs is 1. The number of halogens is 2. The monoisotopic (exact) mass is 724 g/mol. The van der Waals surface area contributed by atoms with Crippen LogP contribution >= 0.6 is 38.9 Å². The van der Waals surface area contributed by atoms with Gasteiger partial charge < -0.3 is 19.3 Å². The van der Waals surface area contributed by atoms with Crippen molar-refractivity contribution in [1.82, 2.24) is 4.57 Å². The molecule has 1 aliphatic rings. The number of hydrogen-bond acceptors (Lipinski definition) is 8. The van der Waals surface area contributed by atoms with E-state index in [1.54, 1.807) is 44.2 Å². The SMILES string of the molecule is CCOC(=O)C1=C(C)N=c2s/c(=C/c3cc(Cl)c(OCc4ccc(C(=O)O)cc4)c(Br)c3)c(=O)n2[C@H]1c1ccccc1OC(C)C. The number of hydrogen-bond donors (Lipinski definition) is 1. The van der Waals surface area contributed by atoms with Crippen molar-refractivity contribution in [2.75, 3.05) is 6.61 Å². The van der Waals surface area contributed by atoms with Crippen LogP contribution in [0.4, 0.5) is 0 Å². The first kappa shape index (κ1) is 33.2. The summed E-state index contributed by atoms with van der Waals surface area (Å²) in [6, 6.07) is 16.4. The van der Waals surface area contributed by atoms with Crippen LogP contribution in [0, 0.1) is 0 Å². The van der Waals surface area contributed by atoms with Crippen LogP contribution in [0.1, 0.15) is 60.8 Å². The summed E-state index contributed by atoms with van der Waals surface area (Å²) in [5.74, 6) is -0.598. The van der Waals surface area contributed by atoms with E-state index in [-0.39, 0.29) is 36.0 Å². The number of rotatable bonds is 10. The van der Waals surface area contributed by atoms with Crippen LogP contribution in [0.5, 0.6) is 11.5 Å². The highest BCUT2D eigenvalue weighted by atomic mass is 79.9. The summed E-state index contributed by atoms with van der Waals surface area (Å²) in [7, 11) is 0. The lowest BCUT2D eigenvalue weighted by molar-refractivity contribution is -0.139. The first-order valence-corrected chi connectivity index (χ1v) is 16.4. The van der Waals surface area contributed by atoms with Gasteiger partial charge in [0.2, 0.25) is 0 Å². The van der Waals surface area contributed by atoms with Crippen molar-refractivity contribution in [1.29, 1.82) is 0 Å². The van der Waals surface area contributed by atoms with Gasteiger partial charge >= 0.3 is 11.9 Å². The minimum absolute atomic E-state index is 0.138. The molecular weight excluding hydrogens is 696 g/mol. The predicted octanol–water partition coefficient (Wildman–Crippen LogP) is 6.28. The topological polar surface area (TPSA) is 116 Å². The first-order valence-electron chi connectivity index (χ1n) is 14.4. The van der Waals surface area contributed by atoms with Crippen LogP contribution in [-0.2, 0) is 16.1 Å². The Morgan fingerprint density at radius 2 is 1.87 bits per heavy atom. The number of carbonyl (C=O) groups excluding carboxylic acids is 1. The van der Waals surface area contributed by atoms with Gasteiger partial charge in [-0.2, -0.15) is 0 Å². The normalized spacial score (nSPS) is 14.6. The number of carboxylic acid groups (broad SMARTS) is 1. The number of esters is 1. The van der Waals surface area contributed by atoms with Gasteiger partial charge in [0.15, 0.2) is 10.6 Å². The molecule has 2 heterocycles. The molecule has 1 aromatic heterocycles. The number of nitrogens with zero attached hydrogens (tertiary/aromatic N) is 2. The zero-order valence-electron chi connectivity index (χ0n) is 25.4. The third-order valence-electron chi connectivity index (χ3n) is 7.00. The van der Waals surface area contributed by atoms with Crippen LogP contribution in [0.25, 0.3) is 6.08 Å². The second kappa shape index (κ2) is 14.1. The van der Waals surface area contributed by atoms with Gasteiger partial charge in [-0.15, -0.1) is 0 Å². The van der Waals surface area contributed by atoms with Crippen LogP contribution in [-0.4, -0.2) is 34.3 Å². The molecule has 4 aromatic rings. The van der Waals surface area contributed by atoms with Crippen LogP contribution < -0.4 is 24.4 Å². The van der Waals surface area contributed by atoms with Crippen molar-refractivity contribution in [3.8, 4) is 11.5 Å². The Hall–Kier alpha value is -4.19. The van der Waals surface area contributed by atoms with E-state index < -0.39 is 18.0 Å². The fraction of sp³-hybridized carbons (Fsp3) is 0.235. The fourth-order valence-corrected chi connectivity index (χ4v) is 7.04. The summed E-state index contributed by atoms with van der Waals surface area (Å²) in [6.07, 6.45) is 1.58. The highest BCUT2D eigenvalue weighted by molar-refractivity contribution is 9.10. The fourth-order valence-electron chi connectivity index (χ4n) is 5.00. The molecule has 238 valence electrons. The summed E-state index contributed by atoms with van der Waals surface area (Å²) in [4.78, 5) is 43.6. The van der Waals surface area contributed by atoms with Crippen molar-refractivity contribution in [2.45, 2.75) is 46.4 Å². The molecule has 1 atom stereocenters. The van der Waals surface area contributed by atoms with E-state index in [1.165, 1.54) is 28.0 Å². The molecule has 1 N–H and O–H groups in total. The summed E-state index contributed by atoms with van der Waals surface area (Å²) >= 11 is 11.3. The standard InChI is InChI=1S/C34H30BrClN2O7S/c1-5-43-33(42)28-19(4)37-34-38(29(28)23-8-6-7-9-26(23)45-18(2)3)31(39)27(46-34)16-21-14-24(35)30(25(36)15-21)44-17-20-10-12-22(13-11-20)32(40)41/h6-16,18,29H,5,17H2,1-4H3,(H,40,41)/b27-16+/t29-/m0/s1. The lowest BCUT2D eigenvalue weighted by Crippen LogP contribution is -2.40. The van der Waals surface area contributed by atoms with Crippen LogP contribution in [0.3, 0.4) is 0 Å². The molecule has 0 saturated carbocycles. The Kier molecular flexibility index (Phi) is 10.1. The van der Waals surface area contributed by atoms with E-state index >= 15 is 0 Å². The van der Waals surface area contributed by atoms with E-state index in [2.05, 4.69) is 20.9 Å². The minimum Gasteiger partial charge on any atom is -0.491 e. The molecule has 46 heavy (non-hydrogen) atoms. The molecule has 9 nitrogen and oxygen atoms in total. The Labute approximate surface area is 282 Å². The van der Waals surface area contributed by atoms with Crippen LogP contribution in [0.2, 0.25) is 5.02 Å². The van der Waals surface area contributed by atoms with Gasteiger partial charge in [-0.05, 0) is 91.2 Å². The summed E-state index contributed by atoms with van der Waals surface area (Å²) in [5.41, 5.74) is 2.63. The molecule has 0 fully saturated rings. The van der Waals surface area contributed by atoms with Crippen molar-refractivity contribution < 1.29 is 28.9 Å². The smallest absolute Gasteiger partial charge is 0.338 e. The quantitative estimate of drug-likeness (QED) is 0.192. The first-order chi connectivity index (χ1) is 22.0. The van der Waals surface area contributed by atoms with Gasteiger partial charge in [-0.1, -0.05) is 53.3 Å². The molecule has 12 heteroatoms. The molecule has 0 spiro atoms. The number of carboxylic acids is 1. The summed E-state index contributed by atoms with van der Waals surface area (Å²) < 4.78 is 19.9. The van der Waals surface area contributed by atoms with Crippen molar-refractivity contribution in [3.05, 3.63) is 123 Å². The second-order valence-corrected chi connectivity index (χ2v) is 12.9. The average molecular weight is 726 g/mol. The third kappa shape index (κ3) is 6.96. The molecule has 0 radical (unpaired) electrons. The van der Waals surface area contributed by atoms with E-state index in [1.807, 2.05) is 38.1 Å². The summed E-state index contributed by atoms with van der Waals surface area (Å²) in [5, 5.41) is 9.43. The maximum Gasteiger partial charge on any atom is 0.338 e. The largest absolute Gasteiger partial charge is 0.491 e. The van der Waals surface area contributed by atoms with Gasteiger partial charge in [0, 0.05) is 5.56 Å².